The van der Waals surface area contributed by atoms with Gasteiger partial charge < -0.3 is 9.47 Å². The molecule has 2 rings (SSSR count). The lowest BCUT2D eigenvalue weighted by atomic mass is 9.86. The van der Waals surface area contributed by atoms with Crippen LogP contribution in [0.3, 0.4) is 0 Å². The van der Waals surface area contributed by atoms with E-state index in [9.17, 15) is 14.0 Å². The molecule has 0 aromatic heterocycles. The Morgan fingerprint density at radius 3 is 2.45 bits per heavy atom. The van der Waals surface area contributed by atoms with Crippen LogP contribution in [0.5, 0.6) is 0 Å². The summed E-state index contributed by atoms with van der Waals surface area (Å²) in [6.45, 7) is 5.49. The minimum absolute atomic E-state index is 0.0848. The summed E-state index contributed by atoms with van der Waals surface area (Å²) in [5, 5.41) is 0. The Bertz CT molecular complexity index is 604. The molecule has 1 aromatic rings. The van der Waals surface area contributed by atoms with E-state index >= 15 is 0 Å². The topological polar surface area (TPSA) is 52.6 Å². The number of benzene rings is 1. The molecule has 2 atom stereocenters. The Hall–Kier alpha value is -2.17. The molecule has 0 fully saturated rings. The van der Waals surface area contributed by atoms with Crippen molar-refractivity contribution in [1.29, 1.82) is 0 Å². The van der Waals surface area contributed by atoms with Crippen molar-refractivity contribution < 1.29 is 23.5 Å². The van der Waals surface area contributed by atoms with Crippen molar-refractivity contribution in [2.45, 2.75) is 33.3 Å². The summed E-state index contributed by atoms with van der Waals surface area (Å²) in [5.41, 5.74) is 0.401. The van der Waals surface area contributed by atoms with Crippen LogP contribution in [0.25, 0.3) is 5.76 Å². The second-order valence-electron chi connectivity index (χ2n) is 5.13. The Kier molecular flexibility index (Phi) is 4.96. The van der Waals surface area contributed by atoms with E-state index in [0.717, 1.165) is 0 Å². The number of rotatable bonds is 4. The number of ketones is 1. The van der Waals surface area contributed by atoms with Gasteiger partial charge in [-0.1, -0.05) is 6.92 Å². The third-order valence-corrected chi connectivity index (χ3v) is 3.71. The summed E-state index contributed by atoms with van der Waals surface area (Å²) >= 11 is 0. The average molecular weight is 306 g/mol. The van der Waals surface area contributed by atoms with Gasteiger partial charge in [0.1, 0.15) is 23.3 Å². The minimum Gasteiger partial charge on any atom is -0.488 e. The highest BCUT2D eigenvalue weighted by atomic mass is 19.1. The molecule has 118 valence electrons. The van der Waals surface area contributed by atoms with E-state index in [0.29, 0.717) is 12.0 Å². The number of halogens is 1. The normalized spacial score (nSPS) is 21.5. The predicted octanol–water partition coefficient (Wildman–Crippen LogP) is 3.11. The van der Waals surface area contributed by atoms with Gasteiger partial charge >= 0.3 is 5.97 Å². The van der Waals surface area contributed by atoms with Gasteiger partial charge in [0.15, 0.2) is 5.78 Å². The predicted molar refractivity (Wildman–Crippen MR) is 79.3 cm³/mol. The van der Waals surface area contributed by atoms with Crippen molar-refractivity contribution in [2.24, 2.45) is 5.92 Å². The molecule has 0 spiro atoms. The number of carbonyl (C=O) groups is 2. The Morgan fingerprint density at radius 2 is 1.91 bits per heavy atom. The highest BCUT2D eigenvalue weighted by molar-refractivity contribution is 6.23. The van der Waals surface area contributed by atoms with Gasteiger partial charge in [-0.25, -0.2) is 9.18 Å². The first-order valence-corrected chi connectivity index (χ1v) is 7.37. The highest BCUT2D eigenvalue weighted by Gasteiger charge is 2.39. The van der Waals surface area contributed by atoms with Gasteiger partial charge in [0.2, 0.25) is 0 Å². The largest absolute Gasteiger partial charge is 0.488 e. The quantitative estimate of drug-likeness (QED) is 0.633. The van der Waals surface area contributed by atoms with E-state index in [-0.39, 0.29) is 35.7 Å². The highest BCUT2D eigenvalue weighted by Crippen LogP contribution is 2.34. The Balaban J connectivity index is 2.55. The maximum absolute atomic E-state index is 13.1. The SMILES string of the molecule is CCOC(=O)C1=C(c2ccc(F)cc2)OC(C)C(CC)C1=O. The van der Waals surface area contributed by atoms with Gasteiger partial charge in [-0.2, -0.15) is 0 Å². The van der Waals surface area contributed by atoms with Gasteiger partial charge in [0.05, 0.1) is 12.5 Å². The summed E-state index contributed by atoms with van der Waals surface area (Å²) in [7, 11) is 0. The van der Waals surface area contributed by atoms with Crippen molar-refractivity contribution in [3.05, 3.63) is 41.2 Å². The number of esters is 1. The van der Waals surface area contributed by atoms with E-state index in [1.54, 1.807) is 13.8 Å². The van der Waals surface area contributed by atoms with Crippen LogP contribution in [0.15, 0.2) is 29.8 Å². The van der Waals surface area contributed by atoms with E-state index in [1.165, 1.54) is 24.3 Å². The standard InChI is InChI=1S/C17H19FO4/c1-4-13-10(3)22-16(11-6-8-12(18)9-7-11)14(15(13)19)17(20)21-5-2/h6-10,13H,4-5H2,1-3H3. The molecule has 0 N–H and O–H groups in total. The molecule has 1 aliphatic rings. The monoisotopic (exact) mass is 306 g/mol. The van der Waals surface area contributed by atoms with Crippen molar-refractivity contribution in [2.75, 3.05) is 6.61 Å². The Labute approximate surface area is 128 Å². The van der Waals surface area contributed by atoms with Gasteiger partial charge in [-0.05, 0) is 44.5 Å². The molecule has 2 unspecified atom stereocenters. The zero-order chi connectivity index (χ0) is 16.3. The molecule has 0 aliphatic carbocycles. The number of hydrogen-bond acceptors (Lipinski definition) is 4. The second kappa shape index (κ2) is 6.73. The molecule has 1 heterocycles. The molecule has 0 amide bonds. The molecule has 0 saturated carbocycles. The summed E-state index contributed by atoms with van der Waals surface area (Å²) in [5.74, 6) is -1.59. The van der Waals surface area contributed by atoms with Crippen LogP contribution in [0.2, 0.25) is 0 Å². The van der Waals surface area contributed by atoms with E-state index in [4.69, 9.17) is 9.47 Å². The molecule has 5 heteroatoms. The molecule has 1 aromatic carbocycles. The number of Topliss-reactive ketones (excluding diaryl/α,β-unsaturated/α-hetero) is 1. The van der Waals surface area contributed by atoms with Crippen LogP contribution in [0.1, 0.15) is 32.8 Å². The molecular weight excluding hydrogens is 287 g/mol. The average Bonchev–Trinajstić information content (AvgIpc) is 2.48. The summed E-state index contributed by atoms with van der Waals surface area (Å²) in [6.07, 6.45) is 0.218. The van der Waals surface area contributed by atoms with Crippen molar-refractivity contribution in [3.63, 3.8) is 0 Å². The molecule has 0 radical (unpaired) electrons. The third-order valence-electron chi connectivity index (χ3n) is 3.71. The first kappa shape index (κ1) is 16.2. The zero-order valence-electron chi connectivity index (χ0n) is 12.9. The van der Waals surface area contributed by atoms with Gasteiger partial charge in [-0.3, -0.25) is 4.79 Å². The maximum Gasteiger partial charge on any atom is 0.345 e. The van der Waals surface area contributed by atoms with Crippen LogP contribution in [-0.2, 0) is 19.1 Å². The van der Waals surface area contributed by atoms with Crippen molar-refractivity contribution in [3.8, 4) is 0 Å². The summed E-state index contributed by atoms with van der Waals surface area (Å²) in [6, 6.07) is 5.48. The molecule has 4 nitrogen and oxygen atoms in total. The Morgan fingerprint density at radius 1 is 1.27 bits per heavy atom. The lowest BCUT2D eigenvalue weighted by Crippen LogP contribution is -2.37. The van der Waals surface area contributed by atoms with E-state index in [2.05, 4.69) is 0 Å². The first-order chi connectivity index (χ1) is 10.5. The smallest absolute Gasteiger partial charge is 0.345 e. The first-order valence-electron chi connectivity index (χ1n) is 7.37. The number of ether oxygens (including phenoxy) is 2. The maximum atomic E-state index is 13.1. The van der Waals surface area contributed by atoms with Crippen LogP contribution < -0.4 is 0 Å². The fraction of sp³-hybridized carbons (Fsp3) is 0.412. The van der Waals surface area contributed by atoms with Crippen molar-refractivity contribution in [1.82, 2.24) is 0 Å². The number of hydrogen-bond donors (Lipinski definition) is 0. The van der Waals surface area contributed by atoms with E-state index in [1.807, 2.05) is 6.92 Å². The summed E-state index contributed by atoms with van der Waals surface area (Å²) in [4.78, 5) is 24.8. The third kappa shape index (κ3) is 3.03. The van der Waals surface area contributed by atoms with Crippen LogP contribution in [-0.4, -0.2) is 24.5 Å². The van der Waals surface area contributed by atoms with Crippen LogP contribution in [0, 0.1) is 11.7 Å². The van der Waals surface area contributed by atoms with Gasteiger partial charge in [0.25, 0.3) is 0 Å². The molecule has 1 aliphatic heterocycles. The zero-order valence-corrected chi connectivity index (χ0v) is 12.9. The van der Waals surface area contributed by atoms with E-state index < -0.39 is 11.8 Å². The number of carbonyl (C=O) groups excluding carboxylic acids is 2. The van der Waals surface area contributed by atoms with Gasteiger partial charge in [-0.15, -0.1) is 0 Å². The summed E-state index contributed by atoms with van der Waals surface area (Å²) < 4.78 is 23.9. The molecular formula is C17H19FO4. The lowest BCUT2D eigenvalue weighted by Gasteiger charge is -2.31. The minimum atomic E-state index is -0.697. The molecule has 0 bridgehead atoms. The van der Waals surface area contributed by atoms with Crippen molar-refractivity contribution >= 4 is 17.5 Å². The fourth-order valence-electron chi connectivity index (χ4n) is 2.56. The fourth-order valence-corrected chi connectivity index (χ4v) is 2.56. The molecule has 22 heavy (non-hydrogen) atoms. The molecule has 0 saturated heterocycles. The van der Waals surface area contributed by atoms with Gasteiger partial charge in [0, 0.05) is 5.56 Å². The second-order valence-corrected chi connectivity index (χ2v) is 5.13. The van der Waals surface area contributed by atoms with Crippen LogP contribution in [0.4, 0.5) is 4.39 Å². The van der Waals surface area contributed by atoms with Crippen LogP contribution >= 0.6 is 0 Å². The lowest BCUT2D eigenvalue weighted by molar-refractivity contribution is -0.141.